The van der Waals surface area contributed by atoms with Gasteiger partial charge in [-0.15, -0.1) is 6.58 Å². The van der Waals surface area contributed by atoms with E-state index in [4.69, 9.17) is 4.98 Å². The molecule has 2 aromatic heterocycles. The molecule has 1 aliphatic heterocycles. The highest BCUT2D eigenvalue weighted by Crippen LogP contribution is 2.27. The van der Waals surface area contributed by atoms with Crippen molar-refractivity contribution in [3.63, 3.8) is 0 Å². The fourth-order valence-electron chi connectivity index (χ4n) is 4.94. The van der Waals surface area contributed by atoms with E-state index in [0.29, 0.717) is 28.2 Å². The zero-order valence-electron chi connectivity index (χ0n) is 23.0. The van der Waals surface area contributed by atoms with Gasteiger partial charge in [-0.3, -0.25) is 9.59 Å². The van der Waals surface area contributed by atoms with E-state index in [1.54, 1.807) is 43.1 Å². The molecule has 11 heteroatoms. The summed E-state index contributed by atoms with van der Waals surface area (Å²) in [6, 6.07) is 12.9. The normalized spacial score (nSPS) is 13.9. The van der Waals surface area contributed by atoms with E-state index in [-0.39, 0.29) is 24.6 Å². The van der Waals surface area contributed by atoms with Crippen molar-refractivity contribution >= 4 is 34.3 Å². The van der Waals surface area contributed by atoms with Crippen LogP contribution in [0.5, 0.6) is 0 Å². The Morgan fingerprint density at radius 1 is 1.15 bits per heavy atom. The summed E-state index contributed by atoms with van der Waals surface area (Å²) in [5.41, 5.74) is 3.79. The fraction of sp³-hybridized carbons (Fsp3) is 0.310. The number of amides is 1. The highest BCUT2D eigenvalue weighted by Gasteiger charge is 2.20. The first kappa shape index (κ1) is 27.1. The van der Waals surface area contributed by atoms with Crippen molar-refractivity contribution in [3.05, 3.63) is 82.8 Å². The van der Waals surface area contributed by atoms with Gasteiger partial charge in [0.25, 0.3) is 11.5 Å². The number of rotatable bonds is 8. The molecule has 3 heterocycles. The molecule has 40 heavy (non-hydrogen) atoms. The van der Waals surface area contributed by atoms with Gasteiger partial charge in [0.05, 0.1) is 18.8 Å². The maximum Gasteiger partial charge on any atom is 0.278 e. The van der Waals surface area contributed by atoms with Gasteiger partial charge >= 0.3 is 0 Å². The SMILES string of the molecule is C=CCn1c(=O)c2cnc(Nc3ccc(N4CCN(C)CC4)c(CO)c3)nc2n1-c1cccc(C(=O)N(C)C)c1. The number of nitrogens with one attached hydrogen (secondary N) is 1. The molecule has 11 nitrogen and oxygen atoms in total. The molecule has 1 saturated heterocycles. The Morgan fingerprint density at radius 2 is 1.93 bits per heavy atom. The summed E-state index contributed by atoms with van der Waals surface area (Å²) in [6.07, 6.45) is 3.14. The lowest BCUT2D eigenvalue weighted by Gasteiger charge is -2.35. The number of allylic oxidation sites excluding steroid dienone is 1. The highest BCUT2D eigenvalue weighted by molar-refractivity contribution is 5.94. The van der Waals surface area contributed by atoms with Crippen LogP contribution in [-0.2, 0) is 13.2 Å². The summed E-state index contributed by atoms with van der Waals surface area (Å²) in [5.74, 6) is 0.154. The van der Waals surface area contributed by atoms with Crippen molar-refractivity contribution in [3.8, 4) is 5.69 Å². The Hall–Kier alpha value is -4.48. The summed E-state index contributed by atoms with van der Waals surface area (Å²) >= 11 is 0. The Bertz CT molecular complexity index is 1620. The second-order valence-corrected chi connectivity index (χ2v) is 10.1. The minimum Gasteiger partial charge on any atom is -0.392 e. The van der Waals surface area contributed by atoms with Gasteiger partial charge in [0.1, 0.15) is 5.39 Å². The van der Waals surface area contributed by atoms with Gasteiger partial charge in [0, 0.05) is 69.0 Å². The molecule has 2 N–H and O–H groups in total. The number of hydrogen-bond acceptors (Lipinski definition) is 8. The number of aliphatic hydroxyl groups is 1. The van der Waals surface area contributed by atoms with Gasteiger partial charge in [-0.25, -0.2) is 14.3 Å². The average Bonchev–Trinajstić information content (AvgIpc) is 3.23. The van der Waals surface area contributed by atoms with Crippen molar-refractivity contribution in [1.82, 2.24) is 29.1 Å². The van der Waals surface area contributed by atoms with Crippen LogP contribution in [0.3, 0.4) is 0 Å². The molecule has 5 rings (SSSR count). The van der Waals surface area contributed by atoms with E-state index < -0.39 is 0 Å². The maximum atomic E-state index is 13.3. The number of carbonyl (C=O) groups excluding carboxylic acids is 1. The smallest absolute Gasteiger partial charge is 0.278 e. The standard InChI is InChI=1S/C29H34N8O3/c1-5-11-36-28(40)24-18-30-29(32-26(24)37(36)23-8-6-7-20(17-23)27(39)33(2)3)31-22-9-10-25(21(16-22)19-38)35-14-12-34(4)13-15-35/h5-10,16-18,38H,1,11-15,19H2,2-4H3,(H,30,31,32). The Kier molecular flexibility index (Phi) is 7.67. The molecule has 0 unspecified atom stereocenters. The molecular formula is C29H34N8O3. The third kappa shape index (κ3) is 5.21. The van der Waals surface area contributed by atoms with E-state index in [1.807, 2.05) is 24.3 Å². The first-order valence-electron chi connectivity index (χ1n) is 13.2. The molecule has 1 amide bonds. The monoisotopic (exact) mass is 542 g/mol. The first-order valence-corrected chi connectivity index (χ1v) is 13.2. The number of aromatic nitrogens is 4. The van der Waals surface area contributed by atoms with E-state index in [2.05, 4.69) is 33.7 Å². The summed E-state index contributed by atoms with van der Waals surface area (Å²) in [6.45, 7) is 7.69. The van der Waals surface area contributed by atoms with Gasteiger partial charge in [0.15, 0.2) is 5.65 Å². The Labute approximate surface area is 232 Å². The number of likely N-dealkylation sites (N-methyl/N-ethyl adjacent to an activating group) is 1. The number of fused-ring (bicyclic) bond motifs is 1. The summed E-state index contributed by atoms with van der Waals surface area (Å²) < 4.78 is 3.21. The van der Waals surface area contributed by atoms with Crippen LogP contribution in [0.1, 0.15) is 15.9 Å². The second kappa shape index (κ2) is 11.3. The lowest BCUT2D eigenvalue weighted by Crippen LogP contribution is -2.44. The summed E-state index contributed by atoms with van der Waals surface area (Å²) in [7, 11) is 5.50. The molecule has 0 atom stereocenters. The van der Waals surface area contributed by atoms with Crippen molar-refractivity contribution in [1.29, 1.82) is 0 Å². The van der Waals surface area contributed by atoms with Crippen molar-refractivity contribution in [2.75, 3.05) is 57.5 Å². The number of anilines is 3. The van der Waals surface area contributed by atoms with Crippen molar-refractivity contribution < 1.29 is 9.90 Å². The van der Waals surface area contributed by atoms with Gasteiger partial charge in [0.2, 0.25) is 5.95 Å². The molecular weight excluding hydrogens is 508 g/mol. The second-order valence-electron chi connectivity index (χ2n) is 10.1. The van der Waals surface area contributed by atoms with Crippen LogP contribution < -0.4 is 15.8 Å². The number of benzene rings is 2. The van der Waals surface area contributed by atoms with Crippen LogP contribution >= 0.6 is 0 Å². The van der Waals surface area contributed by atoms with E-state index in [9.17, 15) is 14.7 Å². The third-order valence-corrected chi connectivity index (χ3v) is 7.07. The number of nitrogens with zero attached hydrogens (tertiary/aromatic N) is 7. The molecule has 0 saturated carbocycles. The van der Waals surface area contributed by atoms with Gasteiger partial charge in [-0.2, -0.15) is 4.98 Å². The van der Waals surface area contributed by atoms with Crippen molar-refractivity contribution in [2.45, 2.75) is 13.2 Å². The quantitative estimate of drug-likeness (QED) is 0.327. The number of hydrogen-bond donors (Lipinski definition) is 2. The average molecular weight is 543 g/mol. The molecule has 0 spiro atoms. The molecule has 0 radical (unpaired) electrons. The molecule has 1 aliphatic rings. The van der Waals surface area contributed by atoms with Crippen LogP contribution in [0, 0.1) is 0 Å². The molecule has 0 aliphatic carbocycles. The predicted molar refractivity (Wildman–Crippen MR) is 157 cm³/mol. The fourth-order valence-corrected chi connectivity index (χ4v) is 4.94. The minimum atomic E-state index is -0.259. The molecule has 1 fully saturated rings. The minimum absolute atomic E-state index is 0.0942. The lowest BCUT2D eigenvalue weighted by atomic mass is 10.1. The Balaban J connectivity index is 1.53. The van der Waals surface area contributed by atoms with E-state index in [0.717, 1.165) is 43.1 Å². The number of aliphatic hydroxyl groups excluding tert-OH is 1. The lowest BCUT2D eigenvalue weighted by molar-refractivity contribution is 0.0827. The van der Waals surface area contributed by atoms with Crippen LogP contribution in [0.25, 0.3) is 16.7 Å². The molecule has 2 aromatic carbocycles. The first-order chi connectivity index (χ1) is 19.3. The molecule has 0 bridgehead atoms. The van der Waals surface area contributed by atoms with E-state index in [1.165, 1.54) is 15.8 Å². The number of piperazine rings is 1. The van der Waals surface area contributed by atoms with Crippen LogP contribution in [0.2, 0.25) is 0 Å². The van der Waals surface area contributed by atoms with E-state index >= 15 is 0 Å². The van der Waals surface area contributed by atoms with Gasteiger partial charge in [-0.05, 0) is 43.4 Å². The van der Waals surface area contributed by atoms with Gasteiger partial charge in [-0.1, -0.05) is 12.1 Å². The summed E-state index contributed by atoms with van der Waals surface area (Å²) in [5, 5.41) is 13.7. The Morgan fingerprint density at radius 3 is 2.62 bits per heavy atom. The van der Waals surface area contributed by atoms with Crippen LogP contribution in [-0.4, -0.2) is 87.5 Å². The van der Waals surface area contributed by atoms with Crippen LogP contribution in [0.15, 0.2) is 66.1 Å². The zero-order chi connectivity index (χ0) is 28.4. The van der Waals surface area contributed by atoms with Crippen molar-refractivity contribution in [2.24, 2.45) is 0 Å². The molecule has 208 valence electrons. The summed E-state index contributed by atoms with van der Waals surface area (Å²) in [4.78, 5) is 41.1. The topological polar surface area (TPSA) is 112 Å². The highest BCUT2D eigenvalue weighted by atomic mass is 16.3. The van der Waals surface area contributed by atoms with Gasteiger partial charge < -0.3 is 25.1 Å². The number of carbonyl (C=O) groups is 1. The molecule has 4 aromatic rings. The zero-order valence-corrected chi connectivity index (χ0v) is 23.0. The predicted octanol–water partition coefficient (Wildman–Crippen LogP) is 2.46. The third-order valence-electron chi connectivity index (χ3n) is 7.07. The largest absolute Gasteiger partial charge is 0.392 e. The van der Waals surface area contributed by atoms with Crippen LogP contribution in [0.4, 0.5) is 17.3 Å². The maximum absolute atomic E-state index is 13.3.